The first-order valence-electron chi connectivity index (χ1n) is 7.99. The number of nitrogens with one attached hydrogen (secondary N) is 2. The molecule has 0 bridgehead atoms. The summed E-state index contributed by atoms with van der Waals surface area (Å²) >= 11 is 2.21. The summed E-state index contributed by atoms with van der Waals surface area (Å²) < 4.78 is 21.0. The summed E-state index contributed by atoms with van der Waals surface area (Å²) in [5.41, 5.74) is 7.21. The highest BCUT2D eigenvalue weighted by atomic mass is 127. The van der Waals surface area contributed by atoms with Crippen LogP contribution < -0.4 is 16.4 Å². The SMILES string of the molecule is Cc1cc2c(N)c(CI)cc(C(=O)NCC3(F)CCNCC3)c2o1. The predicted molar refractivity (Wildman–Crippen MR) is 101 cm³/mol. The number of carbonyl (C=O) groups is 1. The van der Waals surface area contributed by atoms with Crippen LogP contribution in [0.4, 0.5) is 10.1 Å². The Morgan fingerprint density at radius 3 is 2.83 bits per heavy atom. The summed E-state index contributed by atoms with van der Waals surface area (Å²) in [6.45, 7) is 3.10. The van der Waals surface area contributed by atoms with Crippen LogP contribution in [-0.4, -0.2) is 31.2 Å². The zero-order valence-electron chi connectivity index (χ0n) is 13.5. The lowest BCUT2D eigenvalue weighted by Gasteiger charge is -2.30. The molecule has 7 heteroatoms. The number of nitrogens with two attached hydrogens (primary N) is 1. The Morgan fingerprint density at radius 2 is 2.17 bits per heavy atom. The molecule has 4 N–H and O–H groups in total. The number of carbonyl (C=O) groups excluding carboxylic acids is 1. The van der Waals surface area contributed by atoms with Crippen molar-refractivity contribution in [2.24, 2.45) is 0 Å². The molecule has 130 valence electrons. The molecule has 1 amide bonds. The number of alkyl halides is 2. The van der Waals surface area contributed by atoms with Crippen LogP contribution in [0.1, 0.15) is 34.5 Å². The maximum absolute atomic E-state index is 14.7. The molecule has 0 unspecified atom stereocenters. The fourth-order valence-electron chi connectivity index (χ4n) is 3.07. The van der Waals surface area contributed by atoms with E-state index < -0.39 is 5.67 Å². The topological polar surface area (TPSA) is 80.3 Å². The number of amides is 1. The lowest BCUT2D eigenvalue weighted by Crippen LogP contribution is -2.46. The van der Waals surface area contributed by atoms with E-state index in [2.05, 4.69) is 33.2 Å². The number of hydrogen-bond acceptors (Lipinski definition) is 4. The van der Waals surface area contributed by atoms with Crippen LogP contribution in [0, 0.1) is 6.92 Å². The van der Waals surface area contributed by atoms with Gasteiger partial charge in [-0.2, -0.15) is 0 Å². The lowest BCUT2D eigenvalue weighted by atomic mass is 9.94. The number of hydrogen-bond donors (Lipinski definition) is 3. The molecule has 0 atom stereocenters. The highest BCUT2D eigenvalue weighted by Gasteiger charge is 2.32. The molecule has 0 spiro atoms. The van der Waals surface area contributed by atoms with E-state index in [1.165, 1.54) is 0 Å². The van der Waals surface area contributed by atoms with Gasteiger partial charge in [0.15, 0.2) is 0 Å². The Balaban J connectivity index is 1.87. The van der Waals surface area contributed by atoms with Gasteiger partial charge in [0.1, 0.15) is 17.0 Å². The van der Waals surface area contributed by atoms with E-state index >= 15 is 0 Å². The molecular weight excluding hydrogens is 424 g/mol. The summed E-state index contributed by atoms with van der Waals surface area (Å²) in [7, 11) is 0. The van der Waals surface area contributed by atoms with Gasteiger partial charge in [0.2, 0.25) is 0 Å². The van der Waals surface area contributed by atoms with Crippen LogP contribution in [0.3, 0.4) is 0 Å². The van der Waals surface area contributed by atoms with Gasteiger partial charge in [-0.15, -0.1) is 0 Å². The zero-order valence-corrected chi connectivity index (χ0v) is 15.7. The molecule has 0 radical (unpaired) electrons. The summed E-state index contributed by atoms with van der Waals surface area (Å²) in [6.07, 6.45) is 0.812. The van der Waals surface area contributed by atoms with Crippen molar-refractivity contribution in [3.63, 3.8) is 0 Å². The normalized spacial score (nSPS) is 17.1. The molecule has 1 aliphatic heterocycles. The number of anilines is 1. The maximum Gasteiger partial charge on any atom is 0.255 e. The van der Waals surface area contributed by atoms with Crippen LogP contribution in [0.2, 0.25) is 0 Å². The van der Waals surface area contributed by atoms with Gasteiger partial charge in [0, 0.05) is 15.5 Å². The van der Waals surface area contributed by atoms with Crippen molar-refractivity contribution in [2.75, 3.05) is 25.4 Å². The van der Waals surface area contributed by atoms with Crippen molar-refractivity contribution in [3.8, 4) is 0 Å². The van der Waals surface area contributed by atoms with Crippen LogP contribution >= 0.6 is 22.6 Å². The fourth-order valence-corrected chi connectivity index (χ4v) is 3.70. The monoisotopic (exact) mass is 445 g/mol. The summed E-state index contributed by atoms with van der Waals surface area (Å²) in [5.74, 6) is 0.368. The van der Waals surface area contributed by atoms with Crippen molar-refractivity contribution in [1.29, 1.82) is 0 Å². The average molecular weight is 445 g/mol. The minimum Gasteiger partial charge on any atom is -0.460 e. The first-order chi connectivity index (χ1) is 11.4. The van der Waals surface area contributed by atoms with Crippen LogP contribution in [0.15, 0.2) is 16.5 Å². The summed E-state index contributed by atoms with van der Waals surface area (Å²) in [4.78, 5) is 12.6. The van der Waals surface area contributed by atoms with Gasteiger partial charge >= 0.3 is 0 Å². The lowest BCUT2D eigenvalue weighted by molar-refractivity contribution is 0.0837. The van der Waals surface area contributed by atoms with E-state index in [0.29, 0.717) is 53.0 Å². The minimum atomic E-state index is -1.35. The van der Waals surface area contributed by atoms with E-state index in [9.17, 15) is 9.18 Å². The maximum atomic E-state index is 14.7. The fraction of sp³-hybridized carbons (Fsp3) is 0.471. The van der Waals surface area contributed by atoms with Gasteiger partial charge in [-0.3, -0.25) is 4.79 Å². The standard InChI is InChI=1S/C17H21FIN3O2/c1-10-6-12-14(20)11(8-19)7-13(15(12)24-10)16(23)22-9-17(18)2-4-21-5-3-17/h6-7,21H,2-5,8-9,20H2,1H3,(H,22,23). The van der Waals surface area contributed by atoms with Crippen molar-refractivity contribution < 1.29 is 13.6 Å². The van der Waals surface area contributed by atoms with E-state index in [-0.39, 0.29) is 12.5 Å². The van der Waals surface area contributed by atoms with E-state index in [4.69, 9.17) is 10.2 Å². The summed E-state index contributed by atoms with van der Waals surface area (Å²) in [5, 5.41) is 6.60. The van der Waals surface area contributed by atoms with Crippen molar-refractivity contribution in [1.82, 2.24) is 10.6 Å². The van der Waals surface area contributed by atoms with E-state index in [0.717, 1.165) is 10.9 Å². The molecule has 0 aliphatic carbocycles. The molecule has 1 aliphatic rings. The third kappa shape index (κ3) is 3.37. The Kier molecular flexibility index (Phi) is 5.00. The van der Waals surface area contributed by atoms with Crippen molar-refractivity contribution >= 4 is 45.2 Å². The second kappa shape index (κ2) is 6.87. The largest absolute Gasteiger partial charge is 0.460 e. The van der Waals surface area contributed by atoms with Crippen molar-refractivity contribution in [3.05, 3.63) is 29.0 Å². The summed E-state index contributed by atoms with van der Waals surface area (Å²) in [6, 6.07) is 3.58. The number of piperidine rings is 1. The van der Waals surface area contributed by atoms with Crippen molar-refractivity contribution in [2.45, 2.75) is 29.9 Å². The van der Waals surface area contributed by atoms with Crippen LogP contribution in [-0.2, 0) is 4.43 Å². The highest BCUT2D eigenvalue weighted by Crippen LogP contribution is 2.32. The van der Waals surface area contributed by atoms with Gasteiger partial charge in [0.05, 0.1) is 12.1 Å². The zero-order chi connectivity index (χ0) is 17.3. The predicted octanol–water partition coefficient (Wildman–Crippen LogP) is 3.08. The molecule has 1 aromatic carbocycles. The second-order valence-corrected chi connectivity index (χ2v) is 7.08. The third-order valence-corrected chi connectivity index (χ3v) is 5.33. The van der Waals surface area contributed by atoms with Gasteiger partial charge in [-0.1, -0.05) is 22.6 Å². The van der Waals surface area contributed by atoms with Crippen LogP contribution in [0.25, 0.3) is 11.0 Å². The Morgan fingerprint density at radius 1 is 1.46 bits per heavy atom. The quantitative estimate of drug-likeness (QED) is 0.384. The molecule has 0 saturated carbocycles. The van der Waals surface area contributed by atoms with Gasteiger partial charge in [-0.25, -0.2) is 4.39 Å². The molecule has 1 saturated heterocycles. The first kappa shape index (κ1) is 17.5. The Bertz CT molecular complexity index is 769. The number of halogens is 2. The van der Waals surface area contributed by atoms with Gasteiger partial charge < -0.3 is 20.8 Å². The molecular formula is C17H21FIN3O2. The molecule has 1 aromatic heterocycles. The van der Waals surface area contributed by atoms with Gasteiger partial charge in [0.25, 0.3) is 5.91 Å². The van der Waals surface area contributed by atoms with E-state index in [1.54, 1.807) is 6.07 Å². The van der Waals surface area contributed by atoms with Crippen LogP contribution in [0.5, 0.6) is 0 Å². The number of benzene rings is 1. The molecule has 5 nitrogen and oxygen atoms in total. The number of nitrogen functional groups attached to an aromatic ring is 1. The average Bonchev–Trinajstić information content (AvgIpc) is 2.96. The minimum absolute atomic E-state index is 0.0125. The molecule has 2 aromatic rings. The highest BCUT2D eigenvalue weighted by molar-refractivity contribution is 14.1. The first-order valence-corrected chi connectivity index (χ1v) is 9.51. The number of rotatable bonds is 4. The molecule has 3 rings (SSSR count). The number of aryl methyl sites for hydroxylation is 1. The smallest absolute Gasteiger partial charge is 0.255 e. The molecule has 1 fully saturated rings. The molecule has 2 heterocycles. The van der Waals surface area contributed by atoms with Gasteiger partial charge in [-0.05, 0) is 50.6 Å². The Hall–Kier alpha value is -1.35. The molecule has 24 heavy (non-hydrogen) atoms. The Labute approximate surface area is 153 Å². The van der Waals surface area contributed by atoms with E-state index in [1.807, 2.05) is 13.0 Å². The third-order valence-electron chi connectivity index (χ3n) is 4.51. The number of fused-ring (bicyclic) bond motifs is 1. The second-order valence-electron chi connectivity index (χ2n) is 6.31. The number of furan rings is 1.